The van der Waals surface area contributed by atoms with Gasteiger partial charge in [0.25, 0.3) is 0 Å². The van der Waals surface area contributed by atoms with Crippen molar-refractivity contribution >= 4 is 10.4 Å². The molecule has 1 atom stereocenters. The molecule has 0 spiro atoms. The van der Waals surface area contributed by atoms with E-state index in [9.17, 15) is 8.42 Å². The molecule has 0 aliphatic rings. The van der Waals surface area contributed by atoms with Crippen LogP contribution < -0.4 is 0 Å². The average Bonchev–Trinajstić information content (AvgIpc) is 2.93. The Kier molecular flexibility index (Phi) is 31.7. The molecule has 5 heteroatoms. The lowest BCUT2D eigenvalue weighted by molar-refractivity contribution is 0.204. The third kappa shape index (κ3) is 34.1. The maximum Gasteiger partial charge on any atom is 0.397 e. The monoisotopic (exact) mass is 589 g/mol. The van der Waals surface area contributed by atoms with Gasteiger partial charge in [-0.05, 0) is 18.8 Å². The van der Waals surface area contributed by atoms with E-state index in [-0.39, 0.29) is 12.5 Å². The number of unbranched alkanes of at least 4 members (excludes halogenated alkanes) is 27. The molecular formula is C35H72O4S. The summed E-state index contributed by atoms with van der Waals surface area (Å²) < 4.78 is 35.9. The van der Waals surface area contributed by atoms with Crippen LogP contribution in [-0.2, 0) is 14.6 Å². The van der Waals surface area contributed by atoms with E-state index in [0.717, 1.165) is 25.7 Å². The lowest BCUT2D eigenvalue weighted by atomic mass is 9.94. The van der Waals surface area contributed by atoms with Crippen molar-refractivity contribution in [3.63, 3.8) is 0 Å². The zero-order valence-electron chi connectivity index (χ0n) is 27.3. The van der Waals surface area contributed by atoms with Gasteiger partial charge >= 0.3 is 10.4 Å². The quantitative estimate of drug-likeness (QED) is 0.0600. The predicted molar refractivity (Wildman–Crippen MR) is 175 cm³/mol. The molecule has 0 rings (SSSR count). The maximum absolute atomic E-state index is 11.1. The molecule has 0 radical (unpaired) electrons. The van der Waals surface area contributed by atoms with Crippen molar-refractivity contribution in [1.29, 1.82) is 0 Å². The first-order chi connectivity index (χ1) is 19.5. The second kappa shape index (κ2) is 31.8. The summed E-state index contributed by atoms with van der Waals surface area (Å²) in [6.45, 7) is 4.68. The molecule has 0 aromatic heterocycles. The topological polar surface area (TPSA) is 63.6 Å². The molecule has 0 heterocycles. The van der Waals surface area contributed by atoms with Crippen LogP contribution in [0.25, 0.3) is 0 Å². The molecule has 242 valence electrons. The van der Waals surface area contributed by atoms with Gasteiger partial charge in [0.2, 0.25) is 0 Å². The Morgan fingerprint density at radius 2 is 0.650 bits per heavy atom. The molecule has 1 N–H and O–H groups in total. The summed E-state index contributed by atoms with van der Waals surface area (Å²) in [5, 5.41) is 0. The minimum atomic E-state index is -4.34. The van der Waals surface area contributed by atoms with Crippen molar-refractivity contribution in [1.82, 2.24) is 0 Å². The minimum Gasteiger partial charge on any atom is -0.264 e. The minimum absolute atomic E-state index is 0.134. The Morgan fingerprint density at radius 3 is 0.875 bits per heavy atom. The second-order valence-corrected chi connectivity index (χ2v) is 13.8. The fourth-order valence-corrected chi connectivity index (χ4v) is 6.29. The highest BCUT2D eigenvalue weighted by Crippen LogP contribution is 2.21. The first-order valence-electron chi connectivity index (χ1n) is 18.1. The van der Waals surface area contributed by atoms with E-state index in [0.29, 0.717) is 0 Å². The first-order valence-corrected chi connectivity index (χ1v) is 19.5. The van der Waals surface area contributed by atoms with Crippen molar-refractivity contribution < 1.29 is 17.2 Å². The molecule has 0 fully saturated rings. The fourth-order valence-electron chi connectivity index (χ4n) is 5.93. The van der Waals surface area contributed by atoms with Crippen LogP contribution in [0.5, 0.6) is 0 Å². The van der Waals surface area contributed by atoms with Gasteiger partial charge in [-0.2, -0.15) is 8.42 Å². The summed E-state index contributed by atoms with van der Waals surface area (Å²) in [7, 11) is -4.34. The van der Waals surface area contributed by atoms with E-state index in [1.165, 1.54) is 173 Å². The zero-order chi connectivity index (χ0) is 29.4. The van der Waals surface area contributed by atoms with Gasteiger partial charge in [0.1, 0.15) is 0 Å². The summed E-state index contributed by atoms with van der Waals surface area (Å²) >= 11 is 0. The summed E-state index contributed by atoms with van der Waals surface area (Å²) in [5.41, 5.74) is 0. The van der Waals surface area contributed by atoms with Crippen molar-refractivity contribution in [3.8, 4) is 0 Å². The molecule has 0 aliphatic carbocycles. The highest BCUT2D eigenvalue weighted by molar-refractivity contribution is 7.80. The Hall–Kier alpha value is -0.130. The second-order valence-electron chi connectivity index (χ2n) is 12.7. The Labute approximate surface area is 252 Å². The van der Waals surface area contributed by atoms with Crippen LogP contribution >= 0.6 is 0 Å². The zero-order valence-corrected chi connectivity index (χ0v) is 28.1. The summed E-state index contributed by atoms with van der Waals surface area (Å²) in [6.07, 6.45) is 41.3. The molecule has 0 bridgehead atoms. The molecule has 40 heavy (non-hydrogen) atoms. The smallest absolute Gasteiger partial charge is 0.264 e. The van der Waals surface area contributed by atoms with Gasteiger partial charge in [-0.3, -0.25) is 4.55 Å². The van der Waals surface area contributed by atoms with Gasteiger partial charge in [-0.1, -0.05) is 200 Å². The van der Waals surface area contributed by atoms with Crippen molar-refractivity contribution in [2.24, 2.45) is 5.92 Å². The van der Waals surface area contributed by atoms with Gasteiger partial charge in [0.15, 0.2) is 0 Å². The molecule has 1 unspecified atom stereocenters. The molecule has 0 saturated heterocycles. The molecular weight excluding hydrogens is 516 g/mol. The number of hydrogen-bond acceptors (Lipinski definition) is 3. The highest BCUT2D eigenvalue weighted by Gasteiger charge is 2.13. The lowest BCUT2D eigenvalue weighted by Crippen LogP contribution is -2.14. The summed E-state index contributed by atoms with van der Waals surface area (Å²) in [6, 6.07) is 0. The van der Waals surface area contributed by atoms with E-state index in [1.807, 2.05) is 0 Å². The van der Waals surface area contributed by atoms with Crippen LogP contribution in [0.15, 0.2) is 0 Å². The van der Waals surface area contributed by atoms with Gasteiger partial charge in [-0.15, -0.1) is 0 Å². The van der Waals surface area contributed by atoms with E-state index >= 15 is 0 Å². The summed E-state index contributed by atoms with van der Waals surface area (Å²) in [5.74, 6) is 0.238. The first kappa shape index (κ1) is 39.9. The van der Waals surface area contributed by atoms with Crippen molar-refractivity contribution in [2.45, 2.75) is 213 Å². The molecule has 0 saturated carbocycles. The molecule has 0 aromatic carbocycles. The van der Waals surface area contributed by atoms with E-state index in [4.69, 9.17) is 8.74 Å². The number of rotatable bonds is 34. The predicted octanol–water partition coefficient (Wildman–Crippen LogP) is 12.6. The molecule has 4 nitrogen and oxygen atoms in total. The van der Waals surface area contributed by atoms with Gasteiger partial charge in [0, 0.05) is 0 Å². The van der Waals surface area contributed by atoms with Crippen LogP contribution in [0.4, 0.5) is 0 Å². The Bertz CT molecular complexity index is 578. The molecule has 0 aromatic rings. The van der Waals surface area contributed by atoms with Crippen molar-refractivity contribution in [2.75, 3.05) is 6.61 Å². The maximum atomic E-state index is 11.1. The average molecular weight is 589 g/mol. The van der Waals surface area contributed by atoms with E-state index in [2.05, 4.69) is 13.8 Å². The summed E-state index contributed by atoms with van der Waals surface area (Å²) in [4.78, 5) is 0. The lowest BCUT2D eigenvalue weighted by Gasteiger charge is -2.16. The van der Waals surface area contributed by atoms with Crippen LogP contribution in [0.3, 0.4) is 0 Å². The van der Waals surface area contributed by atoms with E-state index in [1.54, 1.807) is 0 Å². The van der Waals surface area contributed by atoms with Crippen molar-refractivity contribution in [3.05, 3.63) is 0 Å². The molecule has 0 aliphatic heterocycles. The van der Waals surface area contributed by atoms with Gasteiger partial charge < -0.3 is 0 Å². The largest absolute Gasteiger partial charge is 0.397 e. The van der Waals surface area contributed by atoms with Crippen LogP contribution in [0.1, 0.15) is 213 Å². The van der Waals surface area contributed by atoms with Gasteiger partial charge in [-0.25, -0.2) is 4.18 Å². The van der Waals surface area contributed by atoms with Crippen LogP contribution in [0.2, 0.25) is 0 Å². The highest BCUT2D eigenvalue weighted by atomic mass is 32.3. The fraction of sp³-hybridized carbons (Fsp3) is 1.00. The normalized spacial score (nSPS) is 12.8. The third-order valence-corrected chi connectivity index (χ3v) is 9.07. The Morgan fingerprint density at radius 1 is 0.425 bits per heavy atom. The SMILES string of the molecule is CCCCCCCCCCCCCCCCCCCCCC(CCCCCCCCCCCC)COS(=O)(=O)O. The van der Waals surface area contributed by atoms with Crippen LogP contribution in [-0.4, -0.2) is 19.6 Å². The van der Waals surface area contributed by atoms with E-state index < -0.39 is 10.4 Å². The van der Waals surface area contributed by atoms with Gasteiger partial charge in [0.05, 0.1) is 6.61 Å². The third-order valence-electron chi connectivity index (χ3n) is 8.63. The molecule has 0 amide bonds. The standard InChI is InChI=1S/C35H72O4S/c1-3-5-7-9-11-13-15-16-17-18-19-20-21-22-23-25-27-29-31-33-35(34-39-40(36,37)38)32-30-28-26-24-14-12-10-8-6-4-2/h35H,3-34H2,1-2H3,(H,36,37,38). The Balaban J connectivity index is 3.61. The number of hydrogen-bond donors (Lipinski definition) is 1. The van der Waals surface area contributed by atoms with Crippen LogP contribution in [0, 0.1) is 5.92 Å².